The van der Waals surface area contributed by atoms with E-state index in [1.807, 2.05) is 36.4 Å². The third-order valence-electron chi connectivity index (χ3n) is 5.47. The topological polar surface area (TPSA) is 64.0 Å². The second-order valence-electron chi connectivity index (χ2n) is 7.76. The average Bonchev–Trinajstić information content (AvgIpc) is 2.85. The lowest BCUT2D eigenvalue weighted by Crippen LogP contribution is -2.31. The largest absolute Gasteiger partial charge is 0.351 e. The quantitative estimate of drug-likeness (QED) is 0.441. The lowest BCUT2D eigenvalue weighted by Gasteiger charge is -2.18. The predicted molar refractivity (Wildman–Crippen MR) is 126 cm³/mol. The molecule has 6 heteroatoms. The highest BCUT2D eigenvalue weighted by Gasteiger charge is 2.15. The minimum atomic E-state index is -0.350. The molecule has 0 spiro atoms. The van der Waals surface area contributed by atoms with E-state index >= 15 is 0 Å². The Morgan fingerprint density at radius 1 is 0.848 bits per heavy atom. The molecule has 166 valence electrons. The third-order valence-corrected chi connectivity index (χ3v) is 5.47. The summed E-state index contributed by atoms with van der Waals surface area (Å²) in [5.41, 5.74) is 2.92. The van der Waals surface area contributed by atoms with Crippen molar-refractivity contribution >= 4 is 5.91 Å². The van der Waals surface area contributed by atoms with Gasteiger partial charge in [-0.1, -0.05) is 72.8 Å². The van der Waals surface area contributed by atoms with Crippen LogP contribution < -0.4 is 10.9 Å². The number of hydrogen-bond donors (Lipinski definition) is 1. The van der Waals surface area contributed by atoms with Gasteiger partial charge in [0.05, 0.1) is 6.54 Å². The van der Waals surface area contributed by atoms with Gasteiger partial charge in [-0.3, -0.25) is 9.59 Å². The molecule has 1 amide bonds. The van der Waals surface area contributed by atoms with Crippen LogP contribution in [0.5, 0.6) is 0 Å². The van der Waals surface area contributed by atoms with E-state index in [1.54, 1.807) is 12.1 Å². The first-order chi connectivity index (χ1) is 16.1. The normalized spacial score (nSPS) is 10.8. The molecule has 1 N–H and O–H groups in total. The minimum Gasteiger partial charge on any atom is -0.351 e. The van der Waals surface area contributed by atoms with Crippen molar-refractivity contribution in [1.29, 1.82) is 0 Å². The number of nitrogens with zero attached hydrogens (tertiary/aromatic N) is 2. The van der Waals surface area contributed by atoms with E-state index in [0.29, 0.717) is 6.54 Å². The SMILES string of the molecule is O=C(NCCC(c1ccccc1)c1ccccc1)c1ccc(=O)n(Cc2ccc(F)cc2)n1. The molecule has 0 aliphatic rings. The van der Waals surface area contributed by atoms with Crippen molar-refractivity contribution in [2.75, 3.05) is 6.54 Å². The molecular weight excluding hydrogens is 417 g/mol. The predicted octanol–water partition coefficient (Wildman–Crippen LogP) is 4.38. The molecule has 1 aromatic heterocycles. The third kappa shape index (κ3) is 5.80. The molecule has 0 bridgehead atoms. The van der Waals surface area contributed by atoms with Gasteiger partial charge in [0.25, 0.3) is 11.5 Å². The summed E-state index contributed by atoms with van der Waals surface area (Å²) in [7, 11) is 0. The number of carbonyl (C=O) groups excluding carboxylic acids is 1. The second kappa shape index (κ2) is 10.5. The molecule has 0 saturated heterocycles. The lowest BCUT2D eigenvalue weighted by molar-refractivity contribution is 0.0945. The molecule has 4 rings (SSSR count). The van der Waals surface area contributed by atoms with Gasteiger partial charge in [0.2, 0.25) is 0 Å². The molecule has 1 heterocycles. The Bertz CT molecular complexity index is 1220. The number of rotatable bonds is 8. The monoisotopic (exact) mass is 441 g/mol. The summed E-state index contributed by atoms with van der Waals surface area (Å²) < 4.78 is 14.3. The number of halogens is 1. The van der Waals surface area contributed by atoms with E-state index in [4.69, 9.17) is 0 Å². The maximum atomic E-state index is 13.1. The first-order valence-corrected chi connectivity index (χ1v) is 10.8. The maximum Gasteiger partial charge on any atom is 0.271 e. The van der Waals surface area contributed by atoms with E-state index in [9.17, 15) is 14.0 Å². The molecular formula is C27H24FN3O2. The fourth-order valence-corrected chi connectivity index (χ4v) is 3.76. The van der Waals surface area contributed by atoms with Gasteiger partial charge in [-0.05, 0) is 41.3 Å². The molecule has 0 unspecified atom stereocenters. The zero-order chi connectivity index (χ0) is 23.0. The van der Waals surface area contributed by atoms with Crippen LogP contribution in [0.25, 0.3) is 0 Å². The van der Waals surface area contributed by atoms with Crippen LogP contribution in [0.1, 0.15) is 39.5 Å². The van der Waals surface area contributed by atoms with Gasteiger partial charge < -0.3 is 5.32 Å². The zero-order valence-corrected chi connectivity index (χ0v) is 18.0. The fourth-order valence-electron chi connectivity index (χ4n) is 3.76. The summed E-state index contributed by atoms with van der Waals surface area (Å²) in [5, 5.41) is 7.12. The summed E-state index contributed by atoms with van der Waals surface area (Å²) >= 11 is 0. The lowest BCUT2D eigenvalue weighted by atomic mass is 9.88. The fraction of sp³-hybridized carbons (Fsp3) is 0.148. The van der Waals surface area contributed by atoms with Gasteiger partial charge in [-0.25, -0.2) is 9.07 Å². The smallest absolute Gasteiger partial charge is 0.271 e. The van der Waals surface area contributed by atoms with Gasteiger partial charge >= 0.3 is 0 Å². The summed E-state index contributed by atoms with van der Waals surface area (Å²) in [5.74, 6) is -0.549. The Morgan fingerprint density at radius 2 is 1.45 bits per heavy atom. The first kappa shape index (κ1) is 22.1. The molecule has 0 aliphatic carbocycles. The Kier molecular flexibility index (Phi) is 7.05. The summed E-state index contributed by atoms with van der Waals surface area (Å²) in [6.45, 7) is 0.608. The van der Waals surface area contributed by atoms with Crippen LogP contribution in [0.15, 0.2) is 102 Å². The first-order valence-electron chi connectivity index (χ1n) is 10.8. The van der Waals surface area contributed by atoms with Crippen molar-refractivity contribution in [3.63, 3.8) is 0 Å². The highest BCUT2D eigenvalue weighted by atomic mass is 19.1. The molecule has 3 aromatic carbocycles. The maximum absolute atomic E-state index is 13.1. The van der Waals surface area contributed by atoms with E-state index < -0.39 is 0 Å². The molecule has 0 atom stereocenters. The second-order valence-corrected chi connectivity index (χ2v) is 7.76. The molecule has 33 heavy (non-hydrogen) atoms. The number of nitrogens with one attached hydrogen (secondary N) is 1. The minimum absolute atomic E-state index is 0.146. The van der Waals surface area contributed by atoms with Crippen molar-refractivity contribution < 1.29 is 9.18 Å². The number of amides is 1. The van der Waals surface area contributed by atoms with Crippen LogP contribution in [0, 0.1) is 5.82 Å². The van der Waals surface area contributed by atoms with Gasteiger partial charge in [-0.2, -0.15) is 5.10 Å². The molecule has 4 aromatic rings. The Morgan fingerprint density at radius 3 is 2.06 bits per heavy atom. The zero-order valence-electron chi connectivity index (χ0n) is 18.0. The summed E-state index contributed by atoms with van der Waals surface area (Å²) in [6, 6.07) is 28.9. The van der Waals surface area contributed by atoms with Crippen LogP contribution in [0.3, 0.4) is 0 Å². The van der Waals surface area contributed by atoms with Crippen LogP contribution in [-0.4, -0.2) is 22.2 Å². The summed E-state index contributed by atoms with van der Waals surface area (Å²) in [4.78, 5) is 24.9. The number of aromatic nitrogens is 2. The molecule has 0 fully saturated rings. The van der Waals surface area contributed by atoms with Crippen molar-refractivity contribution in [1.82, 2.24) is 15.1 Å². The van der Waals surface area contributed by atoms with Crippen LogP contribution in [-0.2, 0) is 6.54 Å². The van der Waals surface area contributed by atoms with Gasteiger partial charge in [0, 0.05) is 18.5 Å². The molecule has 0 aliphatic heterocycles. The molecule has 5 nitrogen and oxygen atoms in total. The molecule has 0 saturated carbocycles. The van der Waals surface area contributed by atoms with Crippen molar-refractivity contribution in [3.8, 4) is 0 Å². The Hall–Kier alpha value is -4.06. The van der Waals surface area contributed by atoms with E-state index in [0.717, 1.165) is 12.0 Å². The van der Waals surface area contributed by atoms with E-state index in [-0.39, 0.29) is 35.4 Å². The average molecular weight is 442 g/mol. The number of hydrogen-bond acceptors (Lipinski definition) is 3. The van der Waals surface area contributed by atoms with Crippen LogP contribution in [0.2, 0.25) is 0 Å². The highest BCUT2D eigenvalue weighted by Crippen LogP contribution is 2.27. The van der Waals surface area contributed by atoms with Gasteiger partial charge in [-0.15, -0.1) is 0 Å². The van der Waals surface area contributed by atoms with Gasteiger partial charge in [0.15, 0.2) is 0 Å². The number of benzene rings is 3. The van der Waals surface area contributed by atoms with E-state index in [2.05, 4.69) is 34.7 Å². The molecule has 0 radical (unpaired) electrons. The number of carbonyl (C=O) groups is 1. The Balaban J connectivity index is 1.43. The highest BCUT2D eigenvalue weighted by molar-refractivity contribution is 5.91. The van der Waals surface area contributed by atoms with Crippen molar-refractivity contribution in [2.45, 2.75) is 18.9 Å². The van der Waals surface area contributed by atoms with Crippen molar-refractivity contribution in [2.24, 2.45) is 0 Å². The van der Waals surface area contributed by atoms with E-state index in [1.165, 1.54) is 40.1 Å². The summed E-state index contributed by atoms with van der Waals surface area (Å²) in [6.07, 6.45) is 0.717. The van der Waals surface area contributed by atoms with Crippen molar-refractivity contribution in [3.05, 3.63) is 136 Å². The standard InChI is InChI=1S/C27H24FN3O2/c28-23-13-11-20(12-14-23)19-31-26(32)16-15-25(30-31)27(33)29-18-17-24(21-7-3-1-4-8-21)22-9-5-2-6-10-22/h1-16,24H,17-19H2,(H,29,33). The van der Waals surface area contributed by atoms with Gasteiger partial charge in [0.1, 0.15) is 11.5 Å². The van der Waals surface area contributed by atoms with Crippen LogP contribution in [0.4, 0.5) is 4.39 Å². The Labute approximate surface area is 191 Å². The van der Waals surface area contributed by atoms with Crippen LogP contribution >= 0.6 is 0 Å².